The van der Waals surface area contributed by atoms with Crippen LogP contribution in [0.15, 0.2) is 24.3 Å². The molecule has 20 heavy (non-hydrogen) atoms. The van der Waals surface area contributed by atoms with Crippen LogP contribution in [0.4, 0.5) is 0 Å². The van der Waals surface area contributed by atoms with Gasteiger partial charge in [-0.3, -0.25) is 4.79 Å². The zero-order valence-corrected chi connectivity index (χ0v) is 12.6. The molecule has 0 saturated carbocycles. The maximum absolute atomic E-state index is 12.1. The van der Waals surface area contributed by atoms with Crippen molar-refractivity contribution in [2.45, 2.75) is 40.3 Å². The fraction of sp³-hybridized carbons (Fsp3) is 0.562. The molecule has 0 radical (unpaired) electrons. The minimum Gasteiger partial charge on any atom is -0.392 e. The summed E-state index contributed by atoms with van der Waals surface area (Å²) in [6.45, 7) is 7.15. The first kappa shape index (κ1) is 16.7. The number of carbonyl (C=O) groups is 1. The van der Waals surface area contributed by atoms with E-state index in [0.29, 0.717) is 13.1 Å². The number of hydrogen-bond donors (Lipinski definition) is 3. The first-order chi connectivity index (χ1) is 9.35. The Morgan fingerprint density at radius 1 is 1.35 bits per heavy atom. The Kier molecular flexibility index (Phi) is 6.17. The molecule has 1 amide bonds. The highest BCUT2D eigenvalue weighted by Gasteiger charge is 2.23. The van der Waals surface area contributed by atoms with Crippen LogP contribution in [0.2, 0.25) is 0 Å². The molecule has 0 aliphatic carbocycles. The largest absolute Gasteiger partial charge is 0.392 e. The van der Waals surface area contributed by atoms with E-state index in [2.05, 4.69) is 26.1 Å². The van der Waals surface area contributed by atoms with Crippen molar-refractivity contribution in [2.75, 3.05) is 6.54 Å². The van der Waals surface area contributed by atoms with Crippen LogP contribution in [-0.4, -0.2) is 17.6 Å². The third-order valence-electron chi connectivity index (χ3n) is 3.15. The van der Waals surface area contributed by atoms with Gasteiger partial charge in [-0.2, -0.15) is 0 Å². The van der Waals surface area contributed by atoms with E-state index in [4.69, 9.17) is 10.8 Å². The normalized spacial score (nSPS) is 13.1. The lowest BCUT2D eigenvalue weighted by Gasteiger charge is -2.24. The van der Waals surface area contributed by atoms with Crippen molar-refractivity contribution in [3.8, 4) is 0 Å². The summed E-state index contributed by atoms with van der Waals surface area (Å²) in [7, 11) is 0. The van der Waals surface area contributed by atoms with E-state index in [1.165, 1.54) is 0 Å². The van der Waals surface area contributed by atoms with E-state index in [1.54, 1.807) is 0 Å². The maximum atomic E-state index is 12.1. The summed E-state index contributed by atoms with van der Waals surface area (Å²) in [5.74, 6) is -0.159. The zero-order valence-electron chi connectivity index (χ0n) is 12.6. The van der Waals surface area contributed by atoms with Crippen molar-refractivity contribution >= 4 is 5.91 Å². The SMILES string of the molecule is CC(C)(C)CC(CN)C(=O)NCc1cccc(CO)c1. The third kappa shape index (κ3) is 5.72. The molecular weight excluding hydrogens is 252 g/mol. The molecule has 1 aromatic rings. The number of nitrogens with one attached hydrogen (secondary N) is 1. The second-order valence-electron chi connectivity index (χ2n) is 6.39. The van der Waals surface area contributed by atoms with Crippen LogP contribution in [0.3, 0.4) is 0 Å². The van der Waals surface area contributed by atoms with E-state index in [1.807, 2.05) is 24.3 Å². The quantitative estimate of drug-likeness (QED) is 0.743. The average Bonchev–Trinajstić information content (AvgIpc) is 2.41. The number of amides is 1. The standard InChI is InChI=1S/C16H26N2O2/c1-16(2,3)8-14(9-17)15(20)18-10-12-5-4-6-13(7-12)11-19/h4-7,14,19H,8-11,17H2,1-3H3,(H,18,20). The predicted octanol–water partition coefficient (Wildman–Crippen LogP) is 1.81. The van der Waals surface area contributed by atoms with Crippen molar-refractivity contribution in [3.05, 3.63) is 35.4 Å². The van der Waals surface area contributed by atoms with Gasteiger partial charge in [0.15, 0.2) is 0 Å². The van der Waals surface area contributed by atoms with Gasteiger partial charge in [0.25, 0.3) is 0 Å². The summed E-state index contributed by atoms with van der Waals surface area (Å²) >= 11 is 0. The number of carbonyl (C=O) groups excluding carboxylic acids is 1. The lowest BCUT2D eigenvalue weighted by molar-refractivity contribution is -0.125. The molecule has 1 atom stereocenters. The van der Waals surface area contributed by atoms with E-state index in [-0.39, 0.29) is 23.8 Å². The van der Waals surface area contributed by atoms with Crippen LogP contribution >= 0.6 is 0 Å². The molecule has 0 aliphatic heterocycles. The van der Waals surface area contributed by atoms with Crippen LogP contribution in [0.5, 0.6) is 0 Å². The van der Waals surface area contributed by atoms with Gasteiger partial charge in [0.1, 0.15) is 0 Å². The summed E-state index contributed by atoms with van der Waals surface area (Å²) in [5, 5.41) is 12.0. The second-order valence-corrected chi connectivity index (χ2v) is 6.39. The molecule has 1 rings (SSSR count). The highest BCUT2D eigenvalue weighted by Crippen LogP contribution is 2.24. The smallest absolute Gasteiger partial charge is 0.224 e. The Morgan fingerprint density at radius 2 is 2.00 bits per heavy atom. The predicted molar refractivity (Wildman–Crippen MR) is 80.8 cm³/mol. The van der Waals surface area contributed by atoms with Crippen molar-refractivity contribution < 1.29 is 9.90 Å². The molecule has 0 fully saturated rings. The maximum Gasteiger partial charge on any atom is 0.224 e. The second kappa shape index (κ2) is 7.41. The first-order valence-electron chi connectivity index (χ1n) is 7.02. The molecule has 0 saturated heterocycles. The van der Waals surface area contributed by atoms with Crippen LogP contribution in [0.1, 0.15) is 38.3 Å². The van der Waals surface area contributed by atoms with Crippen LogP contribution in [0.25, 0.3) is 0 Å². The average molecular weight is 278 g/mol. The van der Waals surface area contributed by atoms with Crippen LogP contribution < -0.4 is 11.1 Å². The monoisotopic (exact) mass is 278 g/mol. The van der Waals surface area contributed by atoms with Gasteiger partial charge in [-0.15, -0.1) is 0 Å². The summed E-state index contributed by atoms with van der Waals surface area (Å²) in [5.41, 5.74) is 7.61. The molecule has 4 nitrogen and oxygen atoms in total. The fourth-order valence-corrected chi connectivity index (χ4v) is 2.19. The molecule has 4 N–H and O–H groups in total. The molecular formula is C16H26N2O2. The van der Waals surface area contributed by atoms with Gasteiger partial charge in [-0.25, -0.2) is 0 Å². The van der Waals surface area contributed by atoms with Gasteiger partial charge in [-0.1, -0.05) is 45.0 Å². The van der Waals surface area contributed by atoms with E-state index in [0.717, 1.165) is 17.5 Å². The van der Waals surface area contributed by atoms with E-state index in [9.17, 15) is 4.79 Å². The Bertz CT molecular complexity index is 438. The molecule has 0 aliphatic rings. The summed E-state index contributed by atoms with van der Waals surface area (Å²) in [6.07, 6.45) is 0.770. The minimum atomic E-state index is -0.156. The summed E-state index contributed by atoms with van der Waals surface area (Å²) in [6, 6.07) is 7.55. The van der Waals surface area contributed by atoms with Crippen LogP contribution in [-0.2, 0) is 17.9 Å². The van der Waals surface area contributed by atoms with Gasteiger partial charge in [0.05, 0.1) is 12.5 Å². The third-order valence-corrected chi connectivity index (χ3v) is 3.15. The molecule has 0 aromatic heterocycles. The first-order valence-corrected chi connectivity index (χ1v) is 7.02. The molecule has 4 heteroatoms. The number of aliphatic hydroxyl groups is 1. The van der Waals surface area contributed by atoms with E-state index < -0.39 is 0 Å². The molecule has 0 bridgehead atoms. The van der Waals surface area contributed by atoms with Crippen molar-refractivity contribution in [3.63, 3.8) is 0 Å². The Balaban J connectivity index is 2.56. The van der Waals surface area contributed by atoms with Gasteiger partial charge in [-0.05, 0) is 23.0 Å². The highest BCUT2D eigenvalue weighted by molar-refractivity contribution is 5.78. The Hall–Kier alpha value is -1.39. The van der Waals surface area contributed by atoms with Gasteiger partial charge in [0, 0.05) is 13.1 Å². The zero-order chi connectivity index (χ0) is 15.2. The number of aliphatic hydroxyl groups excluding tert-OH is 1. The Morgan fingerprint density at radius 3 is 2.55 bits per heavy atom. The number of benzene rings is 1. The summed E-state index contributed by atoms with van der Waals surface area (Å²) < 4.78 is 0. The van der Waals surface area contributed by atoms with Crippen molar-refractivity contribution in [1.82, 2.24) is 5.32 Å². The number of hydrogen-bond acceptors (Lipinski definition) is 3. The van der Waals surface area contributed by atoms with Crippen molar-refractivity contribution in [2.24, 2.45) is 17.1 Å². The van der Waals surface area contributed by atoms with Gasteiger partial charge in [0.2, 0.25) is 5.91 Å². The molecule has 112 valence electrons. The highest BCUT2D eigenvalue weighted by atomic mass is 16.3. The van der Waals surface area contributed by atoms with Gasteiger partial charge >= 0.3 is 0 Å². The Labute approximate surface area is 121 Å². The van der Waals surface area contributed by atoms with Crippen molar-refractivity contribution in [1.29, 1.82) is 0 Å². The molecule has 1 aromatic carbocycles. The van der Waals surface area contributed by atoms with Crippen LogP contribution in [0, 0.1) is 11.3 Å². The summed E-state index contributed by atoms with van der Waals surface area (Å²) in [4.78, 5) is 12.1. The topological polar surface area (TPSA) is 75.4 Å². The number of rotatable bonds is 6. The molecule has 0 spiro atoms. The van der Waals surface area contributed by atoms with E-state index >= 15 is 0 Å². The number of nitrogens with two attached hydrogens (primary N) is 1. The minimum absolute atomic E-state index is 0.00294. The lowest BCUT2D eigenvalue weighted by Crippen LogP contribution is -2.36. The fourth-order valence-electron chi connectivity index (χ4n) is 2.19. The van der Waals surface area contributed by atoms with Gasteiger partial charge < -0.3 is 16.2 Å². The lowest BCUT2D eigenvalue weighted by atomic mass is 9.84. The molecule has 1 unspecified atom stereocenters. The molecule has 0 heterocycles.